The summed E-state index contributed by atoms with van der Waals surface area (Å²) >= 11 is 0. The van der Waals surface area contributed by atoms with Crippen molar-refractivity contribution in [3.05, 3.63) is 82.7 Å². The SMILES string of the molecule is CCCc1cccc(CCc2ncn(-c3cc(CC)ccc3F)c2CC(C)C)c1. The van der Waals surface area contributed by atoms with Crippen molar-refractivity contribution >= 4 is 0 Å². The van der Waals surface area contributed by atoms with Crippen LogP contribution in [0, 0.1) is 11.7 Å². The van der Waals surface area contributed by atoms with Gasteiger partial charge >= 0.3 is 0 Å². The molecule has 0 aliphatic heterocycles. The zero-order valence-electron chi connectivity index (χ0n) is 18.2. The summed E-state index contributed by atoms with van der Waals surface area (Å²) in [7, 11) is 0. The van der Waals surface area contributed by atoms with E-state index in [2.05, 4.69) is 52.0 Å². The Morgan fingerprint density at radius 1 is 0.931 bits per heavy atom. The first-order chi connectivity index (χ1) is 14.0. The lowest BCUT2D eigenvalue weighted by Crippen LogP contribution is -2.08. The van der Waals surface area contributed by atoms with E-state index in [1.807, 2.05) is 16.7 Å². The number of hydrogen-bond acceptors (Lipinski definition) is 1. The summed E-state index contributed by atoms with van der Waals surface area (Å²) in [6.07, 6.45) is 7.70. The number of halogens is 1. The zero-order chi connectivity index (χ0) is 20.8. The standard InChI is InChI=1S/C26H33FN2/c1-5-8-21-9-7-10-22(16-21)12-14-24-26(15-19(3)4)29(18-28-24)25-17-20(6-2)11-13-23(25)27/h7,9-11,13,16-19H,5-6,8,12,14-15H2,1-4H3. The number of aromatic nitrogens is 2. The van der Waals surface area contributed by atoms with Crippen LogP contribution in [0.15, 0.2) is 48.8 Å². The summed E-state index contributed by atoms with van der Waals surface area (Å²) in [4.78, 5) is 4.71. The molecule has 0 unspecified atom stereocenters. The first-order valence-electron chi connectivity index (χ1n) is 10.9. The molecule has 2 aromatic carbocycles. The molecule has 29 heavy (non-hydrogen) atoms. The molecule has 0 fully saturated rings. The van der Waals surface area contributed by atoms with Crippen molar-refractivity contribution in [3.8, 4) is 5.69 Å². The molecule has 0 saturated heterocycles. The van der Waals surface area contributed by atoms with Crippen LogP contribution in [0.3, 0.4) is 0 Å². The smallest absolute Gasteiger partial charge is 0.147 e. The molecular weight excluding hydrogens is 359 g/mol. The number of hydrogen-bond donors (Lipinski definition) is 0. The van der Waals surface area contributed by atoms with Crippen LogP contribution in [0.4, 0.5) is 4.39 Å². The summed E-state index contributed by atoms with van der Waals surface area (Å²) in [5.74, 6) is 0.290. The van der Waals surface area contributed by atoms with Gasteiger partial charge in [-0.3, -0.25) is 0 Å². The van der Waals surface area contributed by atoms with Crippen LogP contribution >= 0.6 is 0 Å². The Kier molecular flexibility index (Phi) is 7.24. The second kappa shape index (κ2) is 9.87. The van der Waals surface area contributed by atoms with Crippen molar-refractivity contribution in [2.45, 2.75) is 66.2 Å². The fraction of sp³-hybridized carbons (Fsp3) is 0.423. The number of benzene rings is 2. The number of aryl methyl sites for hydroxylation is 4. The third-order valence-electron chi connectivity index (χ3n) is 5.41. The van der Waals surface area contributed by atoms with E-state index < -0.39 is 0 Å². The van der Waals surface area contributed by atoms with Gasteiger partial charge in [-0.05, 0) is 66.8 Å². The van der Waals surface area contributed by atoms with Gasteiger partial charge in [0.2, 0.25) is 0 Å². The Balaban J connectivity index is 1.89. The average Bonchev–Trinajstić information content (AvgIpc) is 3.09. The molecule has 154 valence electrons. The third-order valence-corrected chi connectivity index (χ3v) is 5.41. The largest absolute Gasteiger partial charge is 0.300 e. The van der Waals surface area contributed by atoms with Gasteiger partial charge in [0.1, 0.15) is 5.82 Å². The molecule has 0 atom stereocenters. The molecule has 1 heterocycles. The molecule has 1 aromatic heterocycles. The van der Waals surface area contributed by atoms with Gasteiger partial charge in [-0.1, -0.05) is 64.4 Å². The minimum atomic E-state index is -0.191. The van der Waals surface area contributed by atoms with Gasteiger partial charge in [0.15, 0.2) is 0 Å². The zero-order valence-corrected chi connectivity index (χ0v) is 18.2. The molecule has 3 heteroatoms. The van der Waals surface area contributed by atoms with Crippen LogP contribution in [0.2, 0.25) is 0 Å². The van der Waals surface area contributed by atoms with Crippen molar-refractivity contribution in [3.63, 3.8) is 0 Å². The topological polar surface area (TPSA) is 17.8 Å². The van der Waals surface area contributed by atoms with E-state index in [0.717, 1.165) is 55.5 Å². The first-order valence-corrected chi connectivity index (χ1v) is 10.9. The van der Waals surface area contributed by atoms with E-state index in [0.29, 0.717) is 11.6 Å². The van der Waals surface area contributed by atoms with Gasteiger partial charge in [-0.25, -0.2) is 9.37 Å². The normalized spacial score (nSPS) is 11.4. The first kappa shape index (κ1) is 21.3. The lowest BCUT2D eigenvalue weighted by atomic mass is 10.00. The molecule has 0 N–H and O–H groups in total. The third kappa shape index (κ3) is 5.35. The highest BCUT2D eigenvalue weighted by molar-refractivity contribution is 5.40. The van der Waals surface area contributed by atoms with Crippen LogP contribution in [-0.2, 0) is 32.1 Å². The van der Waals surface area contributed by atoms with Crippen LogP contribution < -0.4 is 0 Å². The van der Waals surface area contributed by atoms with E-state index >= 15 is 0 Å². The van der Waals surface area contributed by atoms with E-state index in [4.69, 9.17) is 4.98 Å². The van der Waals surface area contributed by atoms with Gasteiger partial charge in [0.25, 0.3) is 0 Å². The summed E-state index contributed by atoms with van der Waals surface area (Å²) < 4.78 is 16.6. The maximum absolute atomic E-state index is 14.6. The van der Waals surface area contributed by atoms with Crippen LogP contribution in [-0.4, -0.2) is 9.55 Å². The van der Waals surface area contributed by atoms with Crippen LogP contribution in [0.25, 0.3) is 5.69 Å². The Bertz CT molecular complexity index is 940. The molecule has 0 aliphatic rings. The Hall–Kier alpha value is -2.42. The Morgan fingerprint density at radius 2 is 1.69 bits per heavy atom. The van der Waals surface area contributed by atoms with Crippen molar-refractivity contribution in [2.75, 3.05) is 0 Å². The van der Waals surface area contributed by atoms with E-state index in [1.54, 1.807) is 12.4 Å². The highest BCUT2D eigenvalue weighted by Gasteiger charge is 2.16. The van der Waals surface area contributed by atoms with Gasteiger partial charge in [0.05, 0.1) is 17.7 Å². The molecule has 0 saturated carbocycles. The van der Waals surface area contributed by atoms with E-state index in [-0.39, 0.29) is 5.82 Å². The molecule has 2 nitrogen and oxygen atoms in total. The highest BCUT2D eigenvalue weighted by Crippen LogP contribution is 2.23. The molecule has 3 rings (SSSR count). The summed E-state index contributed by atoms with van der Waals surface area (Å²) in [5.41, 5.74) is 6.72. The van der Waals surface area contributed by atoms with Crippen molar-refractivity contribution < 1.29 is 4.39 Å². The van der Waals surface area contributed by atoms with Crippen molar-refractivity contribution in [1.82, 2.24) is 9.55 Å². The Labute approximate surface area is 174 Å². The summed E-state index contributed by atoms with van der Waals surface area (Å²) in [6.45, 7) is 8.71. The molecule has 0 spiro atoms. The molecule has 0 bridgehead atoms. The number of imidazole rings is 1. The predicted octanol–water partition coefficient (Wildman–Crippen LogP) is 6.51. The quantitative estimate of drug-likeness (QED) is 0.406. The van der Waals surface area contributed by atoms with Crippen LogP contribution in [0.1, 0.15) is 62.2 Å². The number of nitrogens with zero attached hydrogens (tertiary/aromatic N) is 2. The second-order valence-corrected chi connectivity index (χ2v) is 8.32. The van der Waals surface area contributed by atoms with Crippen molar-refractivity contribution in [1.29, 1.82) is 0 Å². The maximum Gasteiger partial charge on any atom is 0.147 e. The Morgan fingerprint density at radius 3 is 2.38 bits per heavy atom. The highest BCUT2D eigenvalue weighted by atomic mass is 19.1. The summed E-state index contributed by atoms with van der Waals surface area (Å²) in [6, 6.07) is 14.3. The minimum absolute atomic E-state index is 0.191. The van der Waals surface area contributed by atoms with Gasteiger partial charge in [-0.2, -0.15) is 0 Å². The lowest BCUT2D eigenvalue weighted by molar-refractivity contribution is 0.597. The van der Waals surface area contributed by atoms with Crippen molar-refractivity contribution in [2.24, 2.45) is 5.92 Å². The van der Waals surface area contributed by atoms with Crippen LogP contribution in [0.5, 0.6) is 0 Å². The number of rotatable bonds is 9. The molecule has 0 amide bonds. The fourth-order valence-corrected chi connectivity index (χ4v) is 3.88. The van der Waals surface area contributed by atoms with Gasteiger partial charge < -0.3 is 4.57 Å². The van der Waals surface area contributed by atoms with E-state index in [1.165, 1.54) is 11.1 Å². The fourth-order valence-electron chi connectivity index (χ4n) is 3.88. The molecule has 3 aromatic rings. The summed E-state index contributed by atoms with van der Waals surface area (Å²) in [5, 5.41) is 0. The molecule has 0 aliphatic carbocycles. The lowest BCUT2D eigenvalue weighted by Gasteiger charge is -2.14. The average molecular weight is 393 g/mol. The predicted molar refractivity (Wildman–Crippen MR) is 119 cm³/mol. The molecule has 0 radical (unpaired) electrons. The second-order valence-electron chi connectivity index (χ2n) is 8.32. The maximum atomic E-state index is 14.6. The van der Waals surface area contributed by atoms with Gasteiger partial charge in [0, 0.05) is 5.69 Å². The van der Waals surface area contributed by atoms with Gasteiger partial charge in [-0.15, -0.1) is 0 Å². The minimum Gasteiger partial charge on any atom is -0.300 e. The monoisotopic (exact) mass is 392 g/mol. The van der Waals surface area contributed by atoms with E-state index in [9.17, 15) is 4.39 Å². The molecular formula is C26H33FN2.